The van der Waals surface area contributed by atoms with Gasteiger partial charge in [-0.1, -0.05) is 0 Å². The van der Waals surface area contributed by atoms with Gasteiger partial charge in [0.25, 0.3) is 0 Å². The lowest BCUT2D eigenvalue weighted by Gasteiger charge is -1.88. The van der Waals surface area contributed by atoms with Crippen LogP contribution in [0.25, 0.3) is 0 Å². The van der Waals surface area contributed by atoms with E-state index < -0.39 is 23.2 Å². The fraction of sp³-hybridized carbons (Fsp3) is 0.667. The van der Waals surface area contributed by atoms with Crippen LogP contribution in [-0.4, -0.2) is 73.4 Å². The van der Waals surface area contributed by atoms with Crippen molar-refractivity contribution in [3.05, 3.63) is 0 Å². The minimum absolute atomic E-state index is 0.0833. The lowest BCUT2D eigenvalue weighted by atomic mass is 10.5. The predicted octanol–water partition coefficient (Wildman–Crippen LogP) is -0.638. The Morgan fingerprint density at radius 3 is 1.05 bits per heavy atom. The SMILES string of the molecule is CC(S)C(=O)O.O=C(O)CS.O=C(O)CS.OCCO. The van der Waals surface area contributed by atoms with Crippen molar-refractivity contribution in [2.24, 2.45) is 0 Å². The van der Waals surface area contributed by atoms with Gasteiger partial charge in [0, 0.05) is 0 Å². The average molecular weight is 352 g/mol. The van der Waals surface area contributed by atoms with Gasteiger partial charge in [-0.05, 0) is 6.92 Å². The number of hydrogen-bond donors (Lipinski definition) is 8. The van der Waals surface area contributed by atoms with Crippen LogP contribution in [0.3, 0.4) is 0 Å². The minimum atomic E-state index is -0.881. The zero-order valence-corrected chi connectivity index (χ0v) is 13.4. The third-order valence-corrected chi connectivity index (χ3v) is 1.49. The van der Waals surface area contributed by atoms with E-state index in [1.165, 1.54) is 6.92 Å². The molecule has 8 nitrogen and oxygen atoms in total. The first-order valence-corrected chi connectivity index (χ1v) is 6.66. The molecule has 0 aromatic rings. The number of aliphatic hydroxyl groups excluding tert-OH is 2. The van der Waals surface area contributed by atoms with Crippen molar-refractivity contribution in [1.82, 2.24) is 0 Å². The fourth-order valence-electron chi connectivity index (χ4n) is 0. The molecule has 0 aromatic heterocycles. The molecule has 0 rings (SSSR count). The van der Waals surface area contributed by atoms with Crippen LogP contribution >= 0.6 is 37.9 Å². The Hall–Kier alpha value is -0.620. The van der Waals surface area contributed by atoms with Gasteiger partial charge < -0.3 is 25.5 Å². The molecule has 0 fully saturated rings. The molecule has 0 aliphatic carbocycles. The molecule has 0 aromatic carbocycles. The van der Waals surface area contributed by atoms with Crippen molar-refractivity contribution >= 4 is 55.8 Å². The number of hydrogen-bond acceptors (Lipinski definition) is 8. The quantitative estimate of drug-likeness (QED) is 0.311. The second kappa shape index (κ2) is 23.5. The van der Waals surface area contributed by atoms with Crippen molar-refractivity contribution in [1.29, 1.82) is 0 Å². The summed E-state index contributed by atoms with van der Waals surface area (Å²) >= 11 is 10.4. The highest BCUT2D eigenvalue weighted by Gasteiger charge is 2.00. The van der Waals surface area contributed by atoms with Gasteiger partial charge in [0.1, 0.15) is 0 Å². The maximum absolute atomic E-state index is 9.62. The number of carboxylic acid groups (broad SMARTS) is 3. The standard InChI is InChI=1S/C3H6O2S.2C2H4O2S.C2H6O2/c1-2(6)3(4)5;2*3-2(4)1-5;3-1-2-4/h2,6H,1H3,(H,4,5);2*5H,1H2,(H,3,4);3-4H,1-2H2. The van der Waals surface area contributed by atoms with Gasteiger partial charge in [0.15, 0.2) is 0 Å². The molecule has 0 aliphatic heterocycles. The third kappa shape index (κ3) is 66.4. The van der Waals surface area contributed by atoms with E-state index in [0.29, 0.717) is 0 Å². The summed E-state index contributed by atoms with van der Waals surface area (Å²) in [7, 11) is 0. The molecule has 0 saturated carbocycles. The largest absolute Gasteiger partial charge is 0.481 e. The maximum Gasteiger partial charge on any atom is 0.316 e. The van der Waals surface area contributed by atoms with Crippen LogP contribution in [-0.2, 0) is 14.4 Å². The number of carboxylic acids is 3. The van der Waals surface area contributed by atoms with Crippen LogP contribution in [0.1, 0.15) is 6.92 Å². The van der Waals surface area contributed by atoms with Crippen molar-refractivity contribution in [3.8, 4) is 0 Å². The predicted molar refractivity (Wildman–Crippen MR) is 83.2 cm³/mol. The van der Waals surface area contributed by atoms with Crippen LogP contribution in [0.15, 0.2) is 0 Å². The van der Waals surface area contributed by atoms with Gasteiger partial charge in [-0.2, -0.15) is 37.9 Å². The molecular weight excluding hydrogens is 332 g/mol. The molecule has 1 atom stereocenters. The molecule has 0 spiro atoms. The summed E-state index contributed by atoms with van der Waals surface area (Å²) in [5.41, 5.74) is 0. The summed E-state index contributed by atoms with van der Waals surface area (Å²) < 4.78 is 0. The number of thiol groups is 3. The second-order valence-electron chi connectivity index (χ2n) is 2.57. The summed E-state index contributed by atoms with van der Waals surface area (Å²) in [4.78, 5) is 28.2. The van der Waals surface area contributed by atoms with E-state index in [2.05, 4.69) is 37.9 Å². The van der Waals surface area contributed by atoms with E-state index in [0.717, 1.165) is 0 Å². The van der Waals surface area contributed by atoms with Crippen LogP contribution in [0.2, 0.25) is 0 Å². The van der Waals surface area contributed by atoms with Gasteiger partial charge in [0.2, 0.25) is 0 Å². The van der Waals surface area contributed by atoms with Crippen LogP contribution in [0.4, 0.5) is 0 Å². The molecule has 1 unspecified atom stereocenters. The molecule has 20 heavy (non-hydrogen) atoms. The Bertz CT molecular complexity index is 231. The second-order valence-corrected chi connectivity index (χ2v) is 3.97. The smallest absolute Gasteiger partial charge is 0.316 e. The van der Waals surface area contributed by atoms with Gasteiger partial charge in [-0.15, -0.1) is 0 Å². The monoisotopic (exact) mass is 352 g/mol. The van der Waals surface area contributed by atoms with E-state index >= 15 is 0 Å². The Balaban J connectivity index is -0.0000000862. The summed E-state index contributed by atoms with van der Waals surface area (Å²) in [6.07, 6.45) is 0. The molecule has 0 amide bonds. The van der Waals surface area contributed by atoms with Crippen molar-refractivity contribution in [2.45, 2.75) is 12.2 Å². The number of aliphatic carboxylic acids is 3. The zero-order chi connectivity index (χ0) is 17.1. The number of carbonyl (C=O) groups is 3. The minimum Gasteiger partial charge on any atom is -0.481 e. The molecule has 5 N–H and O–H groups in total. The first-order valence-electron chi connectivity index (χ1n) is 4.88. The highest BCUT2D eigenvalue weighted by Crippen LogP contribution is 1.88. The van der Waals surface area contributed by atoms with E-state index in [-0.39, 0.29) is 24.7 Å². The third-order valence-electron chi connectivity index (χ3n) is 0.728. The molecule has 0 heterocycles. The van der Waals surface area contributed by atoms with E-state index in [1.807, 2.05) is 0 Å². The molecule has 0 radical (unpaired) electrons. The van der Waals surface area contributed by atoms with Gasteiger partial charge in [0.05, 0.1) is 30.0 Å². The van der Waals surface area contributed by atoms with Crippen LogP contribution < -0.4 is 0 Å². The van der Waals surface area contributed by atoms with Gasteiger partial charge in [-0.3, -0.25) is 14.4 Å². The first-order chi connectivity index (χ1) is 9.10. The van der Waals surface area contributed by atoms with E-state index in [1.54, 1.807) is 0 Å². The lowest BCUT2D eigenvalue weighted by molar-refractivity contribution is -0.136. The Morgan fingerprint density at radius 2 is 1.05 bits per heavy atom. The zero-order valence-electron chi connectivity index (χ0n) is 10.7. The Labute approximate surface area is 133 Å². The topological polar surface area (TPSA) is 152 Å². The Kier molecular flexibility index (Phi) is 32.5. The van der Waals surface area contributed by atoms with Crippen LogP contribution in [0.5, 0.6) is 0 Å². The molecule has 122 valence electrons. The molecular formula is C9H20O8S3. The van der Waals surface area contributed by atoms with Crippen LogP contribution in [0, 0.1) is 0 Å². The molecule has 0 saturated heterocycles. The van der Waals surface area contributed by atoms with Gasteiger partial charge in [-0.25, -0.2) is 0 Å². The highest BCUT2D eigenvalue weighted by molar-refractivity contribution is 7.81. The first kappa shape index (κ1) is 27.7. The maximum atomic E-state index is 9.62. The summed E-state index contributed by atoms with van der Waals surface area (Å²) in [5.74, 6) is -2.81. The normalized spacial score (nSPS) is 9.30. The van der Waals surface area contributed by atoms with Crippen molar-refractivity contribution < 1.29 is 39.9 Å². The van der Waals surface area contributed by atoms with Crippen molar-refractivity contribution in [3.63, 3.8) is 0 Å². The number of rotatable bonds is 4. The molecule has 0 aliphatic rings. The van der Waals surface area contributed by atoms with Crippen molar-refractivity contribution in [2.75, 3.05) is 24.7 Å². The number of aliphatic hydroxyl groups is 2. The van der Waals surface area contributed by atoms with Gasteiger partial charge >= 0.3 is 17.9 Å². The van der Waals surface area contributed by atoms with E-state index in [4.69, 9.17) is 25.5 Å². The van der Waals surface area contributed by atoms with E-state index in [9.17, 15) is 14.4 Å². The summed E-state index contributed by atoms with van der Waals surface area (Å²) in [6, 6.07) is 0. The molecule has 11 heteroatoms. The Morgan fingerprint density at radius 1 is 0.900 bits per heavy atom. The highest BCUT2D eigenvalue weighted by atomic mass is 32.1. The summed E-state index contributed by atoms with van der Waals surface area (Å²) in [6.45, 7) is 1.26. The summed E-state index contributed by atoms with van der Waals surface area (Å²) in [5, 5.41) is 37.9. The average Bonchev–Trinajstić information content (AvgIpc) is 2.40. The lowest BCUT2D eigenvalue weighted by Crippen LogP contribution is -2.06. The molecule has 0 bridgehead atoms. The fourth-order valence-corrected chi connectivity index (χ4v) is 0.